The summed E-state index contributed by atoms with van der Waals surface area (Å²) in [6, 6.07) is 7.70. The van der Waals surface area contributed by atoms with Crippen molar-refractivity contribution in [1.82, 2.24) is 5.32 Å². The maximum atomic E-state index is 9.90. The van der Waals surface area contributed by atoms with Crippen molar-refractivity contribution in [1.29, 1.82) is 0 Å². The third-order valence-corrected chi connectivity index (χ3v) is 4.38. The summed E-state index contributed by atoms with van der Waals surface area (Å²) in [4.78, 5) is 0. The van der Waals surface area contributed by atoms with Gasteiger partial charge < -0.3 is 15.5 Å². The van der Waals surface area contributed by atoms with Crippen LogP contribution >= 0.6 is 0 Å². The lowest BCUT2D eigenvalue weighted by Crippen LogP contribution is -2.50. The molecule has 1 aliphatic carbocycles. The SMILES string of the molecule is CCC(CO)(NC1CCCCC1)c1ccc(O)cc1. The first-order chi connectivity index (χ1) is 9.20. The Bertz CT molecular complexity index is 378. The van der Waals surface area contributed by atoms with Crippen LogP contribution in [0.5, 0.6) is 5.75 Å². The molecule has 1 fully saturated rings. The fourth-order valence-corrected chi connectivity index (χ4v) is 3.06. The minimum atomic E-state index is -0.379. The quantitative estimate of drug-likeness (QED) is 0.765. The van der Waals surface area contributed by atoms with Gasteiger partial charge in [0.2, 0.25) is 0 Å². The first-order valence-corrected chi connectivity index (χ1v) is 7.38. The number of nitrogens with one attached hydrogen (secondary N) is 1. The van der Waals surface area contributed by atoms with Crippen molar-refractivity contribution in [2.75, 3.05) is 6.61 Å². The molecule has 0 heterocycles. The van der Waals surface area contributed by atoms with E-state index in [0.29, 0.717) is 6.04 Å². The number of phenols is 1. The Balaban J connectivity index is 2.18. The molecule has 3 nitrogen and oxygen atoms in total. The molecule has 106 valence electrons. The first-order valence-electron chi connectivity index (χ1n) is 7.38. The van der Waals surface area contributed by atoms with Gasteiger partial charge in [-0.3, -0.25) is 0 Å². The van der Waals surface area contributed by atoms with E-state index in [0.717, 1.165) is 12.0 Å². The van der Waals surface area contributed by atoms with Crippen LogP contribution in [0.3, 0.4) is 0 Å². The van der Waals surface area contributed by atoms with Crippen LogP contribution in [0, 0.1) is 0 Å². The number of phenolic OH excluding ortho intramolecular Hbond substituents is 1. The average molecular weight is 263 g/mol. The van der Waals surface area contributed by atoms with E-state index in [-0.39, 0.29) is 17.9 Å². The highest BCUT2D eigenvalue weighted by Crippen LogP contribution is 2.29. The van der Waals surface area contributed by atoms with Crippen molar-refractivity contribution in [3.05, 3.63) is 29.8 Å². The van der Waals surface area contributed by atoms with Crippen molar-refractivity contribution in [2.24, 2.45) is 0 Å². The second-order valence-corrected chi connectivity index (χ2v) is 5.62. The third-order valence-electron chi connectivity index (χ3n) is 4.38. The van der Waals surface area contributed by atoms with E-state index in [2.05, 4.69) is 12.2 Å². The second kappa shape index (κ2) is 6.40. The van der Waals surface area contributed by atoms with Crippen LogP contribution in [0.15, 0.2) is 24.3 Å². The van der Waals surface area contributed by atoms with Gasteiger partial charge in [0, 0.05) is 6.04 Å². The molecule has 1 atom stereocenters. The van der Waals surface area contributed by atoms with Gasteiger partial charge in [0.05, 0.1) is 12.1 Å². The summed E-state index contributed by atoms with van der Waals surface area (Å²) in [5, 5.41) is 23.0. The van der Waals surface area contributed by atoms with Gasteiger partial charge in [-0.2, -0.15) is 0 Å². The lowest BCUT2D eigenvalue weighted by atomic mass is 9.84. The van der Waals surface area contributed by atoms with E-state index in [9.17, 15) is 10.2 Å². The van der Waals surface area contributed by atoms with Crippen LogP contribution in [0.1, 0.15) is 51.0 Å². The smallest absolute Gasteiger partial charge is 0.115 e. The Morgan fingerprint density at radius 3 is 2.32 bits per heavy atom. The summed E-state index contributed by atoms with van der Waals surface area (Å²) in [7, 11) is 0. The molecule has 1 aliphatic rings. The predicted octanol–water partition coefficient (Wildman–Crippen LogP) is 2.91. The zero-order valence-electron chi connectivity index (χ0n) is 11.7. The molecule has 3 N–H and O–H groups in total. The van der Waals surface area contributed by atoms with Crippen LogP contribution < -0.4 is 5.32 Å². The largest absolute Gasteiger partial charge is 0.508 e. The molecule has 0 radical (unpaired) electrons. The molecular weight excluding hydrogens is 238 g/mol. The predicted molar refractivity (Wildman–Crippen MR) is 77.2 cm³/mol. The summed E-state index contributed by atoms with van der Waals surface area (Å²) in [6.45, 7) is 2.18. The normalized spacial score (nSPS) is 20.1. The Morgan fingerprint density at radius 1 is 1.16 bits per heavy atom. The molecule has 0 aromatic heterocycles. The average Bonchev–Trinajstić information content (AvgIpc) is 2.47. The van der Waals surface area contributed by atoms with Crippen LogP contribution in [0.4, 0.5) is 0 Å². The van der Waals surface area contributed by atoms with Gasteiger partial charge in [-0.05, 0) is 37.0 Å². The molecule has 0 saturated heterocycles. The highest BCUT2D eigenvalue weighted by molar-refractivity contribution is 5.31. The first kappa shape index (κ1) is 14.4. The van der Waals surface area contributed by atoms with E-state index in [1.54, 1.807) is 12.1 Å². The van der Waals surface area contributed by atoms with Gasteiger partial charge in [-0.15, -0.1) is 0 Å². The van der Waals surface area contributed by atoms with Crippen LogP contribution in [0.2, 0.25) is 0 Å². The number of aliphatic hydroxyl groups is 1. The van der Waals surface area contributed by atoms with Gasteiger partial charge in [-0.25, -0.2) is 0 Å². The van der Waals surface area contributed by atoms with E-state index < -0.39 is 0 Å². The summed E-state index contributed by atoms with van der Waals surface area (Å²) >= 11 is 0. The summed E-state index contributed by atoms with van der Waals surface area (Å²) in [5.74, 6) is 0.268. The monoisotopic (exact) mass is 263 g/mol. The van der Waals surface area contributed by atoms with Crippen molar-refractivity contribution in [3.63, 3.8) is 0 Å². The molecule has 2 rings (SSSR count). The Kier molecular flexibility index (Phi) is 4.83. The number of hydrogen-bond donors (Lipinski definition) is 3. The molecular formula is C16H25NO2. The molecule has 0 aliphatic heterocycles. The summed E-state index contributed by atoms with van der Waals surface area (Å²) < 4.78 is 0. The van der Waals surface area contributed by atoms with Gasteiger partial charge >= 0.3 is 0 Å². The van der Waals surface area contributed by atoms with Gasteiger partial charge in [0.15, 0.2) is 0 Å². The fourth-order valence-electron chi connectivity index (χ4n) is 3.06. The zero-order valence-corrected chi connectivity index (χ0v) is 11.7. The molecule has 1 saturated carbocycles. The maximum absolute atomic E-state index is 9.90. The topological polar surface area (TPSA) is 52.5 Å². The highest BCUT2D eigenvalue weighted by atomic mass is 16.3. The summed E-state index contributed by atoms with van der Waals surface area (Å²) in [6.07, 6.45) is 7.11. The van der Waals surface area contributed by atoms with Crippen molar-refractivity contribution < 1.29 is 10.2 Å². The highest BCUT2D eigenvalue weighted by Gasteiger charge is 2.32. The van der Waals surface area contributed by atoms with E-state index in [1.165, 1.54) is 32.1 Å². The molecule has 19 heavy (non-hydrogen) atoms. The molecule has 1 unspecified atom stereocenters. The second-order valence-electron chi connectivity index (χ2n) is 5.62. The van der Waals surface area contributed by atoms with Gasteiger partial charge in [0.1, 0.15) is 5.75 Å². The van der Waals surface area contributed by atoms with Crippen LogP contribution in [0.25, 0.3) is 0 Å². The molecule has 0 amide bonds. The van der Waals surface area contributed by atoms with E-state index in [4.69, 9.17) is 0 Å². The number of rotatable bonds is 5. The van der Waals surface area contributed by atoms with Crippen molar-refractivity contribution in [3.8, 4) is 5.75 Å². The Hall–Kier alpha value is -1.06. The fraction of sp³-hybridized carbons (Fsp3) is 0.625. The maximum Gasteiger partial charge on any atom is 0.115 e. The Labute approximate surface area is 115 Å². The molecule has 3 heteroatoms. The Morgan fingerprint density at radius 2 is 1.79 bits per heavy atom. The van der Waals surface area contributed by atoms with Crippen LogP contribution in [-0.2, 0) is 5.54 Å². The van der Waals surface area contributed by atoms with E-state index >= 15 is 0 Å². The number of aliphatic hydroxyl groups excluding tert-OH is 1. The third kappa shape index (κ3) is 3.28. The van der Waals surface area contributed by atoms with E-state index in [1.807, 2.05) is 12.1 Å². The molecule has 1 aromatic carbocycles. The minimum absolute atomic E-state index is 0.0881. The minimum Gasteiger partial charge on any atom is -0.508 e. The summed E-state index contributed by atoms with van der Waals surface area (Å²) in [5.41, 5.74) is 0.677. The van der Waals surface area contributed by atoms with Crippen molar-refractivity contribution >= 4 is 0 Å². The lowest BCUT2D eigenvalue weighted by Gasteiger charge is -2.38. The zero-order chi connectivity index (χ0) is 13.7. The molecule has 0 spiro atoms. The number of hydrogen-bond acceptors (Lipinski definition) is 3. The van der Waals surface area contributed by atoms with Gasteiger partial charge in [-0.1, -0.05) is 38.3 Å². The molecule has 0 bridgehead atoms. The standard InChI is InChI=1S/C16H25NO2/c1-2-16(12-18,13-8-10-15(19)11-9-13)17-14-6-4-3-5-7-14/h8-11,14,17-19H,2-7,12H2,1H3. The number of aromatic hydroxyl groups is 1. The molecule has 1 aromatic rings. The van der Waals surface area contributed by atoms with Crippen LogP contribution in [-0.4, -0.2) is 22.9 Å². The van der Waals surface area contributed by atoms with Crippen molar-refractivity contribution in [2.45, 2.75) is 57.0 Å². The van der Waals surface area contributed by atoms with Gasteiger partial charge in [0.25, 0.3) is 0 Å². The lowest BCUT2D eigenvalue weighted by molar-refractivity contribution is 0.132. The number of benzene rings is 1.